The van der Waals surface area contributed by atoms with Gasteiger partial charge in [-0.3, -0.25) is 9.69 Å². The third-order valence-electron chi connectivity index (χ3n) is 7.10. The maximum atomic E-state index is 14.3. The highest BCUT2D eigenvalue weighted by molar-refractivity contribution is 5.79. The van der Waals surface area contributed by atoms with E-state index in [-0.39, 0.29) is 17.6 Å². The summed E-state index contributed by atoms with van der Waals surface area (Å²) in [6.45, 7) is 2.48. The first-order valence-corrected chi connectivity index (χ1v) is 12.0. The molecule has 1 aliphatic heterocycles. The topological polar surface area (TPSA) is 50.6 Å². The van der Waals surface area contributed by atoms with Gasteiger partial charge < -0.3 is 9.64 Å². The predicted molar refractivity (Wildman–Crippen MR) is 128 cm³/mol. The van der Waals surface area contributed by atoms with E-state index >= 15 is 0 Å². The number of hydrogen-bond acceptors (Lipinski definition) is 4. The number of para-hydroxylation sites is 2. The number of carbonyl (C=O) groups is 1. The normalized spacial score (nSPS) is 16.1. The van der Waals surface area contributed by atoms with Crippen LogP contribution >= 0.6 is 0 Å². The van der Waals surface area contributed by atoms with Crippen LogP contribution in [0.3, 0.4) is 0 Å². The molecule has 2 aliphatic rings. The lowest BCUT2D eigenvalue weighted by atomic mass is 9.84. The number of nitrogens with zero attached hydrogens (tertiary/aromatic N) is 4. The molecular formula is C27H31FN4O2. The summed E-state index contributed by atoms with van der Waals surface area (Å²) in [4.78, 5) is 16.9. The van der Waals surface area contributed by atoms with Gasteiger partial charge in [0, 0.05) is 50.1 Å². The molecule has 2 aromatic carbocycles. The number of hydrogen-bond donors (Lipinski definition) is 0. The van der Waals surface area contributed by atoms with Crippen LogP contribution in [0, 0.1) is 11.7 Å². The van der Waals surface area contributed by atoms with Gasteiger partial charge in [-0.15, -0.1) is 0 Å². The van der Waals surface area contributed by atoms with Gasteiger partial charge >= 0.3 is 0 Å². The molecule has 6 nitrogen and oxygen atoms in total. The van der Waals surface area contributed by atoms with Crippen LogP contribution in [0.2, 0.25) is 0 Å². The Morgan fingerprint density at radius 2 is 1.94 bits per heavy atom. The Labute approximate surface area is 199 Å². The Hall–Kier alpha value is -3.19. The zero-order chi connectivity index (χ0) is 23.7. The van der Waals surface area contributed by atoms with Gasteiger partial charge in [0.1, 0.15) is 17.3 Å². The van der Waals surface area contributed by atoms with Crippen LogP contribution in [0.5, 0.6) is 5.75 Å². The monoisotopic (exact) mass is 462 g/mol. The summed E-state index contributed by atoms with van der Waals surface area (Å²) in [6, 6.07) is 14.8. The second-order valence-corrected chi connectivity index (χ2v) is 9.33. The summed E-state index contributed by atoms with van der Waals surface area (Å²) in [5.41, 5.74) is 4.75. The summed E-state index contributed by atoms with van der Waals surface area (Å²) in [5.74, 6) is 0.927. The highest BCUT2D eigenvalue weighted by Crippen LogP contribution is 2.32. The Morgan fingerprint density at radius 1 is 1.18 bits per heavy atom. The number of ether oxygens (including phenoxy) is 1. The van der Waals surface area contributed by atoms with Crippen LogP contribution in [0.4, 0.5) is 4.39 Å². The van der Waals surface area contributed by atoms with Gasteiger partial charge in [-0.2, -0.15) is 5.10 Å². The highest BCUT2D eigenvalue weighted by atomic mass is 19.1. The molecule has 1 saturated carbocycles. The van der Waals surface area contributed by atoms with Crippen molar-refractivity contribution in [3.05, 3.63) is 76.9 Å². The Bertz CT molecular complexity index is 1190. The minimum Gasteiger partial charge on any atom is -0.494 e. The molecule has 0 spiro atoms. The van der Waals surface area contributed by atoms with E-state index in [0.717, 1.165) is 60.6 Å². The third kappa shape index (κ3) is 4.32. The van der Waals surface area contributed by atoms with Gasteiger partial charge in [0.15, 0.2) is 0 Å². The maximum absolute atomic E-state index is 14.3. The van der Waals surface area contributed by atoms with E-state index in [1.807, 2.05) is 53.0 Å². The molecule has 0 saturated heterocycles. The number of halogens is 1. The number of carbonyl (C=O) groups excluding carboxylic acids is 1. The van der Waals surface area contributed by atoms with E-state index in [4.69, 9.17) is 9.84 Å². The number of amides is 1. The molecule has 0 atom stereocenters. The van der Waals surface area contributed by atoms with E-state index in [1.165, 1.54) is 6.07 Å². The molecule has 3 aromatic rings. The Balaban J connectivity index is 1.47. The van der Waals surface area contributed by atoms with Crippen LogP contribution in [0.1, 0.15) is 41.8 Å². The smallest absolute Gasteiger partial charge is 0.225 e. The second-order valence-electron chi connectivity index (χ2n) is 9.33. The summed E-state index contributed by atoms with van der Waals surface area (Å²) < 4.78 is 21.9. The van der Waals surface area contributed by atoms with Crippen LogP contribution < -0.4 is 4.74 Å². The molecule has 1 amide bonds. The zero-order valence-corrected chi connectivity index (χ0v) is 19.8. The van der Waals surface area contributed by atoms with E-state index in [0.29, 0.717) is 25.2 Å². The maximum Gasteiger partial charge on any atom is 0.225 e. The fraction of sp³-hybridized carbons (Fsp3) is 0.407. The van der Waals surface area contributed by atoms with E-state index in [2.05, 4.69) is 4.90 Å². The largest absolute Gasteiger partial charge is 0.494 e. The van der Waals surface area contributed by atoms with Crippen molar-refractivity contribution in [3.63, 3.8) is 0 Å². The first kappa shape index (κ1) is 22.6. The molecule has 1 fully saturated rings. The van der Waals surface area contributed by atoms with Gasteiger partial charge in [0.05, 0.1) is 25.0 Å². The van der Waals surface area contributed by atoms with E-state index in [9.17, 15) is 9.18 Å². The van der Waals surface area contributed by atoms with Gasteiger partial charge in [-0.25, -0.2) is 9.07 Å². The number of rotatable bonds is 7. The molecule has 0 radical (unpaired) electrons. The number of aromatic nitrogens is 2. The van der Waals surface area contributed by atoms with Crippen LogP contribution in [-0.4, -0.2) is 46.2 Å². The van der Waals surface area contributed by atoms with Crippen LogP contribution in [0.15, 0.2) is 48.5 Å². The van der Waals surface area contributed by atoms with Crippen LogP contribution in [0.25, 0.3) is 5.69 Å². The predicted octanol–water partition coefficient (Wildman–Crippen LogP) is 4.34. The number of methoxy groups -OCH3 is 1. The third-order valence-corrected chi connectivity index (χ3v) is 7.10. The van der Waals surface area contributed by atoms with Crippen molar-refractivity contribution in [1.82, 2.24) is 19.6 Å². The molecule has 0 bridgehead atoms. The molecule has 178 valence electrons. The number of benzene rings is 2. The van der Waals surface area contributed by atoms with Crippen molar-refractivity contribution in [2.24, 2.45) is 5.92 Å². The summed E-state index contributed by atoms with van der Waals surface area (Å²) in [7, 11) is 3.53. The van der Waals surface area contributed by atoms with Crippen molar-refractivity contribution in [3.8, 4) is 11.4 Å². The van der Waals surface area contributed by atoms with E-state index < -0.39 is 0 Å². The fourth-order valence-electron chi connectivity index (χ4n) is 4.94. The summed E-state index contributed by atoms with van der Waals surface area (Å²) >= 11 is 0. The quantitative estimate of drug-likeness (QED) is 0.524. The van der Waals surface area contributed by atoms with Gasteiger partial charge in [0.25, 0.3) is 0 Å². The zero-order valence-electron chi connectivity index (χ0n) is 19.8. The van der Waals surface area contributed by atoms with Gasteiger partial charge in [0.2, 0.25) is 5.91 Å². The van der Waals surface area contributed by atoms with Gasteiger partial charge in [-0.1, -0.05) is 36.8 Å². The summed E-state index contributed by atoms with van der Waals surface area (Å²) in [5, 5.41) is 5.00. The minimum absolute atomic E-state index is 0.148. The van der Waals surface area contributed by atoms with Crippen molar-refractivity contribution in [2.45, 2.75) is 45.3 Å². The average Bonchev–Trinajstić information content (AvgIpc) is 3.16. The standard InChI is InChI=1S/C27H31FN4O2/c1-30(27(33)19-9-7-10-19)18-23-21-17-31(16-20-8-3-4-11-22(20)28)15-14-24(21)32(29-23)25-12-5-6-13-26(25)34-2/h3-6,8,11-13,19H,7,9-10,14-18H2,1-2H3. The fourth-order valence-corrected chi connectivity index (χ4v) is 4.94. The van der Waals surface area contributed by atoms with Crippen LogP contribution in [-0.2, 0) is 30.8 Å². The Kier molecular flexibility index (Phi) is 6.37. The first-order valence-electron chi connectivity index (χ1n) is 12.0. The molecule has 1 aromatic heterocycles. The summed E-state index contributed by atoms with van der Waals surface area (Å²) in [6.07, 6.45) is 3.88. The van der Waals surface area contributed by atoms with E-state index in [1.54, 1.807) is 13.2 Å². The molecule has 7 heteroatoms. The average molecular weight is 463 g/mol. The minimum atomic E-state index is -0.177. The molecule has 1 aliphatic carbocycles. The lowest BCUT2D eigenvalue weighted by Crippen LogP contribution is -2.36. The van der Waals surface area contributed by atoms with Crippen molar-refractivity contribution >= 4 is 5.91 Å². The molecule has 0 N–H and O–H groups in total. The SMILES string of the molecule is COc1ccccc1-n1nc(CN(C)C(=O)C2CCC2)c2c1CCN(Cc1ccccc1F)C2. The van der Waals surface area contributed by atoms with Gasteiger partial charge in [-0.05, 0) is 31.0 Å². The first-order chi connectivity index (χ1) is 16.5. The molecule has 2 heterocycles. The molecule has 34 heavy (non-hydrogen) atoms. The van der Waals surface area contributed by atoms with Crippen molar-refractivity contribution < 1.29 is 13.9 Å². The second kappa shape index (κ2) is 9.58. The Morgan fingerprint density at radius 3 is 2.68 bits per heavy atom. The molecule has 0 unspecified atom stereocenters. The highest BCUT2D eigenvalue weighted by Gasteiger charge is 2.31. The lowest BCUT2D eigenvalue weighted by molar-refractivity contribution is -0.137. The molecular weight excluding hydrogens is 431 g/mol. The number of fused-ring (bicyclic) bond motifs is 1. The van der Waals surface area contributed by atoms with Crippen molar-refractivity contribution in [2.75, 3.05) is 20.7 Å². The van der Waals surface area contributed by atoms with Crippen molar-refractivity contribution in [1.29, 1.82) is 0 Å². The molecule has 5 rings (SSSR count). The lowest BCUT2D eigenvalue weighted by Gasteiger charge is -2.30.